The molecule has 0 fully saturated rings. The molecule has 1 aromatic heterocycles. The quantitative estimate of drug-likeness (QED) is 0.767. The zero-order valence-electron chi connectivity index (χ0n) is 8.43. The Hall–Kier alpha value is -2.37. The van der Waals surface area contributed by atoms with Crippen LogP contribution in [-0.4, -0.2) is 16.3 Å². The van der Waals surface area contributed by atoms with E-state index in [9.17, 15) is 13.6 Å². The molecule has 0 unspecified atom stereocenters. The predicted octanol–water partition coefficient (Wildman–Crippen LogP) is 2.36. The van der Waals surface area contributed by atoms with Crippen molar-refractivity contribution in [2.24, 2.45) is 0 Å². The van der Waals surface area contributed by atoms with Crippen LogP contribution in [0.25, 0.3) is 0 Å². The maximum Gasteiger partial charge on any atom is 0.321 e. The predicted molar refractivity (Wildman–Crippen MR) is 53.9 cm³/mol. The molecule has 0 spiro atoms. The Morgan fingerprint density at radius 2 is 1.82 bits per heavy atom. The molecular weight excluding hydrogens is 230 g/mol. The molecule has 4 nitrogen and oxygen atoms in total. The second-order valence-corrected chi connectivity index (χ2v) is 3.09. The van der Waals surface area contributed by atoms with Crippen molar-refractivity contribution in [3.05, 3.63) is 47.8 Å². The normalized spacial score (nSPS) is 10.0. The van der Waals surface area contributed by atoms with Crippen LogP contribution in [0.3, 0.4) is 0 Å². The van der Waals surface area contributed by atoms with E-state index >= 15 is 0 Å². The molecule has 0 aliphatic heterocycles. The molecule has 0 atom stereocenters. The van der Waals surface area contributed by atoms with E-state index in [0.29, 0.717) is 11.8 Å². The van der Waals surface area contributed by atoms with Gasteiger partial charge in [0.2, 0.25) is 0 Å². The summed E-state index contributed by atoms with van der Waals surface area (Å²) in [6.45, 7) is 0. The van der Waals surface area contributed by atoms with Crippen molar-refractivity contribution in [2.45, 2.75) is 0 Å². The Balaban J connectivity index is 2.19. The van der Waals surface area contributed by atoms with Gasteiger partial charge in [0, 0.05) is 18.5 Å². The third kappa shape index (κ3) is 2.60. The van der Waals surface area contributed by atoms with E-state index < -0.39 is 11.6 Å². The van der Waals surface area contributed by atoms with Crippen molar-refractivity contribution in [3.63, 3.8) is 0 Å². The monoisotopic (exact) mass is 236 g/mol. The van der Waals surface area contributed by atoms with Gasteiger partial charge in [-0.3, -0.25) is 4.79 Å². The summed E-state index contributed by atoms with van der Waals surface area (Å²) in [4.78, 5) is 17.8. The molecule has 17 heavy (non-hydrogen) atoms. The van der Waals surface area contributed by atoms with Crippen molar-refractivity contribution in [1.29, 1.82) is 0 Å². The number of benzene rings is 1. The molecule has 0 saturated heterocycles. The maximum absolute atomic E-state index is 12.9. The Morgan fingerprint density at radius 1 is 1.12 bits per heavy atom. The first-order chi connectivity index (χ1) is 8.19. The van der Waals surface area contributed by atoms with E-state index in [1.807, 2.05) is 0 Å². The summed E-state index contributed by atoms with van der Waals surface area (Å²) in [6, 6.07) is 3.01. The van der Waals surface area contributed by atoms with Gasteiger partial charge in [-0.05, 0) is 12.1 Å². The summed E-state index contributed by atoms with van der Waals surface area (Å²) >= 11 is 0. The first-order valence-corrected chi connectivity index (χ1v) is 4.59. The van der Waals surface area contributed by atoms with Gasteiger partial charge in [0.15, 0.2) is 17.9 Å². The Kier molecular flexibility index (Phi) is 3.04. The van der Waals surface area contributed by atoms with Crippen molar-refractivity contribution >= 4 is 6.29 Å². The number of halogens is 2. The van der Waals surface area contributed by atoms with E-state index in [1.165, 1.54) is 18.5 Å². The van der Waals surface area contributed by atoms with Crippen molar-refractivity contribution in [3.8, 4) is 11.8 Å². The third-order valence-electron chi connectivity index (χ3n) is 1.88. The number of nitrogens with zero attached hydrogens (tertiary/aromatic N) is 2. The second-order valence-electron chi connectivity index (χ2n) is 3.09. The van der Waals surface area contributed by atoms with Crippen LogP contribution in [-0.2, 0) is 0 Å². The van der Waals surface area contributed by atoms with Crippen LogP contribution in [0.15, 0.2) is 30.6 Å². The number of aromatic nitrogens is 2. The van der Waals surface area contributed by atoms with Crippen LogP contribution in [0.1, 0.15) is 10.4 Å². The molecule has 0 saturated carbocycles. The first kappa shape index (κ1) is 11.1. The zero-order chi connectivity index (χ0) is 12.3. The minimum absolute atomic E-state index is 0.0541. The standard InChI is InChI=1S/C11H6F2N2O2/c12-9-2-1-8(3-10(9)13)17-11-14-4-7(6-16)5-15-11/h1-6H. The van der Waals surface area contributed by atoms with E-state index in [1.54, 1.807) is 0 Å². The fourth-order valence-electron chi connectivity index (χ4n) is 1.09. The average molecular weight is 236 g/mol. The van der Waals surface area contributed by atoms with Crippen LogP contribution >= 0.6 is 0 Å². The molecule has 0 aliphatic rings. The summed E-state index contributed by atoms with van der Waals surface area (Å²) in [5.41, 5.74) is 0.294. The number of hydrogen-bond acceptors (Lipinski definition) is 4. The molecule has 0 N–H and O–H groups in total. The van der Waals surface area contributed by atoms with Gasteiger partial charge in [0.05, 0.1) is 5.56 Å². The van der Waals surface area contributed by atoms with Crippen LogP contribution in [0.5, 0.6) is 11.8 Å². The first-order valence-electron chi connectivity index (χ1n) is 4.59. The molecule has 2 aromatic rings. The zero-order valence-corrected chi connectivity index (χ0v) is 8.43. The van der Waals surface area contributed by atoms with Gasteiger partial charge >= 0.3 is 6.01 Å². The van der Waals surface area contributed by atoms with Gasteiger partial charge in [-0.2, -0.15) is 0 Å². The lowest BCUT2D eigenvalue weighted by molar-refractivity contribution is 0.112. The van der Waals surface area contributed by atoms with Gasteiger partial charge in [-0.1, -0.05) is 0 Å². The lowest BCUT2D eigenvalue weighted by Gasteiger charge is -2.03. The molecule has 0 aliphatic carbocycles. The fourth-order valence-corrected chi connectivity index (χ4v) is 1.09. The second kappa shape index (κ2) is 4.65. The average Bonchev–Trinajstić information content (AvgIpc) is 2.35. The molecule has 1 aromatic carbocycles. The molecule has 0 amide bonds. The van der Waals surface area contributed by atoms with Gasteiger partial charge in [0.25, 0.3) is 0 Å². The minimum Gasteiger partial charge on any atom is -0.424 e. The van der Waals surface area contributed by atoms with Crippen molar-refractivity contribution in [1.82, 2.24) is 9.97 Å². The van der Waals surface area contributed by atoms with E-state index in [2.05, 4.69) is 9.97 Å². The lowest BCUT2D eigenvalue weighted by Crippen LogP contribution is -1.94. The number of aldehydes is 1. The number of carbonyl (C=O) groups excluding carboxylic acids is 1. The van der Waals surface area contributed by atoms with Gasteiger partial charge in [-0.15, -0.1) is 0 Å². The van der Waals surface area contributed by atoms with E-state index in [0.717, 1.165) is 12.1 Å². The maximum atomic E-state index is 12.9. The highest BCUT2D eigenvalue weighted by atomic mass is 19.2. The SMILES string of the molecule is O=Cc1cnc(Oc2ccc(F)c(F)c2)nc1. The van der Waals surface area contributed by atoms with Crippen LogP contribution in [0.4, 0.5) is 8.78 Å². The molecule has 6 heteroatoms. The summed E-state index contributed by atoms with van der Waals surface area (Å²) < 4.78 is 30.6. The highest BCUT2D eigenvalue weighted by Crippen LogP contribution is 2.19. The van der Waals surface area contributed by atoms with Gasteiger partial charge in [-0.25, -0.2) is 18.7 Å². The summed E-state index contributed by atoms with van der Waals surface area (Å²) in [5, 5.41) is 0. The third-order valence-corrected chi connectivity index (χ3v) is 1.88. The number of rotatable bonds is 3. The lowest BCUT2D eigenvalue weighted by atomic mass is 10.3. The fraction of sp³-hybridized carbons (Fsp3) is 0. The van der Waals surface area contributed by atoms with Crippen LogP contribution < -0.4 is 4.74 Å². The molecule has 86 valence electrons. The molecule has 0 bridgehead atoms. The smallest absolute Gasteiger partial charge is 0.321 e. The Morgan fingerprint density at radius 3 is 2.41 bits per heavy atom. The highest BCUT2D eigenvalue weighted by Gasteiger charge is 2.05. The Labute approximate surface area is 94.9 Å². The number of hydrogen-bond donors (Lipinski definition) is 0. The van der Waals surface area contributed by atoms with Crippen molar-refractivity contribution in [2.75, 3.05) is 0 Å². The molecule has 1 heterocycles. The summed E-state index contributed by atoms with van der Waals surface area (Å²) in [5.74, 6) is -1.91. The molecular formula is C11H6F2N2O2. The Bertz CT molecular complexity index is 544. The summed E-state index contributed by atoms with van der Waals surface area (Å²) in [7, 11) is 0. The van der Waals surface area contributed by atoms with Gasteiger partial charge < -0.3 is 4.74 Å². The topological polar surface area (TPSA) is 52.1 Å². The molecule has 2 rings (SSSR count). The van der Waals surface area contributed by atoms with E-state index in [-0.39, 0.29) is 11.8 Å². The van der Waals surface area contributed by atoms with E-state index in [4.69, 9.17) is 4.74 Å². The number of carbonyl (C=O) groups is 1. The van der Waals surface area contributed by atoms with Crippen LogP contribution in [0.2, 0.25) is 0 Å². The minimum atomic E-state index is -1.02. The van der Waals surface area contributed by atoms with Crippen LogP contribution in [0, 0.1) is 11.6 Å². The largest absolute Gasteiger partial charge is 0.424 e. The number of ether oxygens (including phenoxy) is 1. The summed E-state index contributed by atoms with van der Waals surface area (Å²) in [6.07, 6.45) is 3.10. The van der Waals surface area contributed by atoms with Gasteiger partial charge in [0.1, 0.15) is 5.75 Å². The highest BCUT2D eigenvalue weighted by molar-refractivity contribution is 5.73. The van der Waals surface area contributed by atoms with Crippen molar-refractivity contribution < 1.29 is 18.3 Å². The molecule has 0 radical (unpaired) electrons.